The van der Waals surface area contributed by atoms with Crippen molar-refractivity contribution in [1.29, 1.82) is 0 Å². The minimum absolute atomic E-state index is 0.00150. The maximum Gasteiger partial charge on any atom is 0.295 e. The van der Waals surface area contributed by atoms with Gasteiger partial charge < -0.3 is 5.32 Å². The highest BCUT2D eigenvalue weighted by atomic mass is 32.2. The number of hydrogen-bond acceptors (Lipinski definition) is 5. The van der Waals surface area contributed by atoms with E-state index in [-0.39, 0.29) is 16.5 Å². The Bertz CT molecular complexity index is 887. The van der Waals surface area contributed by atoms with Gasteiger partial charge in [-0.1, -0.05) is 12.1 Å². The Labute approximate surface area is 115 Å². The normalized spacial score (nSPS) is 12.6. The van der Waals surface area contributed by atoms with Crippen molar-refractivity contribution in [2.45, 2.75) is 9.79 Å². The molecule has 0 fully saturated rings. The summed E-state index contributed by atoms with van der Waals surface area (Å²) in [5, 5.41) is 2.65. The summed E-state index contributed by atoms with van der Waals surface area (Å²) >= 11 is 0. The maximum atomic E-state index is 11.4. The highest BCUT2D eigenvalue weighted by molar-refractivity contribution is 7.86. The van der Waals surface area contributed by atoms with Gasteiger partial charge in [-0.05, 0) is 18.2 Å². The Balaban J connectivity index is 3.05. The van der Waals surface area contributed by atoms with Crippen molar-refractivity contribution in [2.24, 2.45) is 0 Å². The molecule has 9 heteroatoms. The summed E-state index contributed by atoms with van der Waals surface area (Å²) in [6.45, 7) is 0. The lowest BCUT2D eigenvalue weighted by molar-refractivity contribution is 0.481. The largest absolute Gasteiger partial charge is 0.388 e. The second-order valence-corrected chi connectivity index (χ2v) is 6.81. The van der Waals surface area contributed by atoms with E-state index in [0.717, 1.165) is 6.07 Å². The van der Waals surface area contributed by atoms with Gasteiger partial charge in [0.2, 0.25) is 0 Å². The fourth-order valence-corrected chi connectivity index (χ4v) is 3.34. The van der Waals surface area contributed by atoms with Gasteiger partial charge in [0.05, 0.1) is 0 Å². The summed E-state index contributed by atoms with van der Waals surface area (Å²) in [5.41, 5.74) is 0.279. The Morgan fingerprint density at radius 1 is 0.900 bits per heavy atom. The number of nitrogens with one attached hydrogen (secondary N) is 1. The smallest absolute Gasteiger partial charge is 0.295 e. The first-order chi connectivity index (χ1) is 9.14. The first-order valence-electron chi connectivity index (χ1n) is 5.34. The molecule has 2 aromatic carbocycles. The number of rotatable bonds is 3. The first-order valence-corrected chi connectivity index (χ1v) is 8.22. The quantitative estimate of drug-likeness (QED) is 0.731. The predicted octanol–water partition coefficient (Wildman–Crippen LogP) is 1.37. The highest BCUT2D eigenvalue weighted by Crippen LogP contribution is 2.31. The van der Waals surface area contributed by atoms with Gasteiger partial charge in [-0.15, -0.1) is 0 Å². The van der Waals surface area contributed by atoms with Gasteiger partial charge >= 0.3 is 0 Å². The molecule has 0 aliphatic heterocycles. The van der Waals surface area contributed by atoms with Crippen LogP contribution in [-0.2, 0) is 20.2 Å². The highest BCUT2D eigenvalue weighted by Gasteiger charge is 2.20. The molecule has 0 unspecified atom stereocenters. The van der Waals surface area contributed by atoms with Crippen LogP contribution in [-0.4, -0.2) is 33.0 Å². The standard InChI is InChI=1S/C11H11NO6S2/c1-12-7-5-9-8(11(6-7)20(16,17)18)3-2-4-10(9)19(13,14)15/h2-6,12H,1H3,(H,13,14,15)(H,16,17,18). The van der Waals surface area contributed by atoms with Gasteiger partial charge in [-0.3, -0.25) is 9.11 Å². The van der Waals surface area contributed by atoms with Crippen LogP contribution in [0.1, 0.15) is 0 Å². The van der Waals surface area contributed by atoms with Gasteiger partial charge in [0, 0.05) is 23.5 Å². The average Bonchev–Trinajstić information content (AvgIpc) is 2.34. The number of anilines is 1. The van der Waals surface area contributed by atoms with Crippen molar-refractivity contribution in [1.82, 2.24) is 0 Å². The molecule has 0 atom stereocenters. The summed E-state index contributed by atoms with van der Waals surface area (Å²) in [6.07, 6.45) is 0. The van der Waals surface area contributed by atoms with Crippen LogP contribution in [0.3, 0.4) is 0 Å². The van der Waals surface area contributed by atoms with E-state index < -0.39 is 30.0 Å². The molecule has 0 bridgehead atoms. The number of fused-ring (bicyclic) bond motifs is 1. The van der Waals surface area contributed by atoms with E-state index in [1.165, 1.54) is 31.3 Å². The zero-order valence-corrected chi connectivity index (χ0v) is 11.9. The topological polar surface area (TPSA) is 121 Å². The molecule has 3 N–H and O–H groups in total. The molecule has 0 spiro atoms. The maximum absolute atomic E-state index is 11.4. The molecule has 108 valence electrons. The van der Waals surface area contributed by atoms with Gasteiger partial charge in [0.25, 0.3) is 20.2 Å². The Hall–Kier alpha value is -1.68. The molecule has 0 heterocycles. The monoisotopic (exact) mass is 317 g/mol. The lowest BCUT2D eigenvalue weighted by Gasteiger charge is -2.10. The van der Waals surface area contributed by atoms with Gasteiger partial charge in [0.15, 0.2) is 0 Å². The number of benzene rings is 2. The van der Waals surface area contributed by atoms with Crippen LogP contribution in [0.2, 0.25) is 0 Å². The van der Waals surface area contributed by atoms with Gasteiger partial charge in [-0.25, -0.2) is 0 Å². The third-order valence-electron chi connectivity index (χ3n) is 2.76. The molecule has 20 heavy (non-hydrogen) atoms. The Morgan fingerprint density at radius 2 is 1.50 bits per heavy atom. The fraction of sp³-hybridized carbons (Fsp3) is 0.0909. The lowest BCUT2D eigenvalue weighted by atomic mass is 10.1. The summed E-state index contributed by atoms with van der Waals surface area (Å²) in [5.74, 6) is 0. The number of hydrogen-bond donors (Lipinski definition) is 3. The summed E-state index contributed by atoms with van der Waals surface area (Å²) < 4.78 is 63.9. The molecule has 2 rings (SSSR count). The second kappa shape index (κ2) is 4.70. The Kier molecular flexibility index (Phi) is 3.46. The van der Waals surface area contributed by atoms with Crippen molar-refractivity contribution in [3.8, 4) is 0 Å². The summed E-state index contributed by atoms with van der Waals surface area (Å²) in [7, 11) is -7.56. The van der Waals surface area contributed by atoms with E-state index in [1.807, 2.05) is 0 Å². The van der Waals surface area contributed by atoms with Gasteiger partial charge in [0.1, 0.15) is 9.79 Å². The van der Waals surface area contributed by atoms with Crippen molar-refractivity contribution in [2.75, 3.05) is 12.4 Å². The van der Waals surface area contributed by atoms with E-state index in [1.54, 1.807) is 0 Å². The lowest BCUT2D eigenvalue weighted by Crippen LogP contribution is -2.04. The van der Waals surface area contributed by atoms with Crippen molar-refractivity contribution < 1.29 is 25.9 Å². The molecule has 7 nitrogen and oxygen atoms in total. The second-order valence-electron chi connectivity index (χ2n) is 4.03. The first kappa shape index (κ1) is 14.7. The molecule has 0 saturated carbocycles. The third kappa shape index (κ3) is 2.61. The van der Waals surface area contributed by atoms with Crippen molar-refractivity contribution in [3.63, 3.8) is 0 Å². The Morgan fingerprint density at radius 3 is 2.00 bits per heavy atom. The van der Waals surface area contributed by atoms with E-state index in [2.05, 4.69) is 5.32 Å². The third-order valence-corrected chi connectivity index (χ3v) is 4.57. The summed E-state index contributed by atoms with van der Waals surface area (Å²) in [6, 6.07) is 6.30. The van der Waals surface area contributed by atoms with Crippen LogP contribution in [0.15, 0.2) is 40.1 Å². The molecule has 0 aromatic heterocycles. The van der Waals surface area contributed by atoms with Crippen LogP contribution in [0.5, 0.6) is 0 Å². The SMILES string of the molecule is CNc1cc(S(=O)(=O)O)c2cccc(S(=O)(=O)O)c2c1. The predicted molar refractivity (Wildman–Crippen MR) is 73.1 cm³/mol. The van der Waals surface area contributed by atoms with Crippen LogP contribution < -0.4 is 5.32 Å². The van der Waals surface area contributed by atoms with E-state index in [4.69, 9.17) is 0 Å². The summed E-state index contributed by atoms with van der Waals surface area (Å²) in [4.78, 5) is -0.873. The molecule has 2 aromatic rings. The molecule has 0 radical (unpaired) electrons. The van der Waals surface area contributed by atoms with E-state index in [9.17, 15) is 25.9 Å². The zero-order valence-electron chi connectivity index (χ0n) is 10.2. The fourth-order valence-electron chi connectivity index (χ4n) is 1.91. The average molecular weight is 317 g/mol. The van der Waals surface area contributed by atoms with Crippen molar-refractivity contribution >= 4 is 36.7 Å². The molecule has 0 saturated heterocycles. The molecule has 0 aliphatic carbocycles. The van der Waals surface area contributed by atoms with E-state index >= 15 is 0 Å². The van der Waals surface area contributed by atoms with Crippen LogP contribution in [0.25, 0.3) is 10.8 Å². The molecular weight excluding hydrogens is 306 g/mol. The molecule has 0 aliphatic rings. The molecular formula is C11H11NO6S2. The minimum atomic E-state index is -4.54. The van der Waals surface area contributed by atoms with Crippen LogP contribution in [0.4, 0.5) is 5.69 Å². The van der Waals surface area contributed by atoms with Crippen LogP contribution >= 0.6 is 0 Å². The van der Waals surface area contributed by atoms with Crippen molar-refractivity contribution in [3.05, 3.63) is 30.3 Å². The minimum Gasteiger partial charge on any atom is -0.388 e. The van der Waals surface area contributed by atoms with Crippen LogP contribution in [0, 0.1) is 0 Å². The zero-order chi connectivity index (χ0) is 15.1. The van der Waals surface area contributed by atoms with E-state index in [0.29, 0.717) is 0 Å². The van der Waals surface area contributed by atoms with Gasteiger partial charge in [-0.2, -0.15) is 16.8 Å². The molecule has 0 amide bonds.